The second-order valence-electron chi connectivity index (χ2n) is 6.81. The Balaban J connectivity index is 1.74. The van der Waals surface area contributed by atoms with Crippen LogP contribution in [0.25, 0.3) is 10.8 Å². The lowest BCUT2D eigenvalue weighted by atomic mass is 10.0. The van der Waals surface area contributed by atoms with Crippen molar-refractivity contribution in [1.29, 1.82) is 10.5 Å². The minimum absolute atomic E-state index is 0.263. The number of nitrogens with zero attached hydrogens (tertiary/aromatic N) is 2. The third-order valence-electron chi connectivity index (χ3n) is 4.70. The van der Waals surface area contributed by atoms with E-state index in [0.29, 0.717) is 22.2 Å². The van der Waals surface area contributed by atoms with Gasteiger partial charge in [-0.15, -0.1) is 0 Å². The lowest BCUT2D eigenvalue weighted by Gasteiger charge is -2.23. The van der Waals surface area contributed by atoms with Crippen molar-refractivity contribution in [2.45, 2.75) is 19.1 Å². The fraction of sp³-hybridized carbons (Fsp3) is 0.130. The van der Waals surface area contributed by atoms with Gasteiger partial charge in [0.1, 0.15) is 6.04 Å². The molecule has 0 aliphatic heterocycles. The predicted molar refractivity (Wildman–Crippen MR) is 115 cm³/mol. The molecule has 0 bridgehead atoms. The highest BCUT2D eigenvalue weighted by Crippen LogP contribution is 2.27. The van der Waals surface area contributed by atoms with Crippen LogP contribution in [0, 0.1) is 22.7 Å². The molecule has 8 nitrogen and oxygen atoms in total. The summed E-state index contributed by atoms with van der Waals surface area (Å²) in [5.41, 5.74) is 6.33. The van der Waals surface area contributed by atoms with Gasteiger partial charge in [-0.05, 0) is 43.3 Å². The van der Waals surface area contributed by atoms with Gasteiger partial charge in [-0.3, -0.25) is 20.4 Å². The van der Waals surface area contributed by atoms with Gasteiger partial charge in [0.15, 0.2) is 0 Å². The zero-order valence-electron chi connectivity index (χ0n) is 16.6. The molecule has 8 heteroatoms. The van der Waals surface area contributed by atoms with E-state index >= 15 is 0 Å². The smallest absolute Gasteiger partial charge is 0.269 e. The van der Waals surface area contributed by atoms with Gasteiger partial charge in [-0.2, -0.15) is 10.5 Å². The third kappa shape index (κ3) is 4.78. The number of carbonyl (C=O) groups is 2. The monoisotopic (exact) mass is 413 g/mol. The fourth-order valence-corrected chi connectivity index (χ4v) is 3.06. The lowest BCUT2D eigenvalue weighted by Crippen LogP contribution is -2.52. The van der Waals surface area contributed by atoms with Gasteiger partial charge in [0.25, 0.3) is 11.8 Å². The highest BCUT2D eigenvalue weighted by molar-refractivity contribution is 6.00. The molecule has 31 heavy (non-hydrogen) atoms. The topological polar surface area (TPSA) is 138 Å². The zero-order chi connectivity index (χ0) is 22.4. The Kier molecular flexibility index (Phi) is 6.46. The van der Waals surface area contributed by atoms with Crippen LogP contribution in [0.15, 0.2) is 60.7 Å². The summed E-state index contributed by atoms with van der Waals surface area (Å²) in [7, 11) is 0. The summed E-state index contributed by atoms with van der Waals surface area (Å²) >= 11 is 0. The highest BCUT2D eigenvalue weighted by atomic mass is 16.3. The van der Waals surface area contributed by atoms with Gasteiger partial charge in [0.2, 0.25) is 0 Å². The van der Waals surface area contributed by atoms with Crippen molar-refractivity contribution in [1.82, 2.24) is 10.9 Å². The van der Waals surface area contributed by atoms with Crippen LogP contribution in [0.4, 0.5) is 5.69 Å². The number of amides is 2. The molecule has 0 fully saturated rings. The van der Waals surface area contributed by atoms with Crippen molar-refractivity contribution in [3.05, 3.63) is 77.4 Å². The summed E-state index contributed by atoms with van der Waals surface area (Å²) in [5, 5.41) is 32.7. The number of fused-ring (bicyclic) bond motifs is 1. The molecule has 0 heterocycles. The first kappa shape index (κ1) is 21.3. The number of hydrazine groups is 1. The molecule has 0 aromatic heterocycles. The molecular weight excluding hydrogens is 394 g/mol. The largest absolute Gasteiger partial charge is 0.391 e. The molecule has 2 amide bonds. The predicted octanol–water partition coefficient (Wildman–Crippen LogP) is 2.21. The summed E-state index contributed by atoms with van der Waals surface area (Å²) in [6, 6.07) is 19.5. The molecule has 0 saturated carbocycles. The molecule has 0 aliphatic rings. The summed E-state index contributed by atoms with van der Waals surface area (Å²) in [6.45, 7) is 1.45. The van der Waals surface area contributed by atoms with Crippen molar-refractivity contribution in [2.75, 3.05) is 5.32 Å². The van der Waals surface area contributed by atoms with Gasteiger partial charge in [-0.25, -0.2) is 0 Å². The van der Waals surface area contributed by atoms with E-state index in [1.54, 1.807) is 18.2 Å². The Bertz CT molecular complexity index is 1210. The molecule has 2 atom stereocenters. The van der Waals surface area contributed by atoms with E-state index in [1.165, 1.54) is 31.2 Å². The van der Waals surface area contributed by atoms with Gasteiger partial charge < -0.3 is 10.4 Å². The molecule has 0 aliphatic carbocycles. The van der Waals surface area contributed by atoms with Crippen molar-refractivity contribution >= 4 is 28.3 Å². The first-order valence-electron chi connectivity index (χ1n) is 9.41. The van der Waals surface area contributed by atoms with Crippen LogP contribution in [0.5, 0.6) is 0 Å². The van der Waals surface area contributed by atoms with E-state index in [4.69, 9.17) is 5.26 Å². The molecule has 0 radical (unpaired) electrons. The number of carbonyl (C=O) groups excluding carboxylic acids is 2. The molecule has 154 valence electrons. The van der Waals surface area contributed by atoms with Gasteiger partial charge >= 0.3 is 0 Å². The average molecular weight is 413 g/mol. The van der Waals surface area contributed by atoms with Gasteiger partial charge in [0, 0.05) is 22.0 Å². The number of nitriles is 2. The van der Waals surface area contributed by atoms with Crippen LogP contribution in [0.2, 0.25) is 0 Å². The van der Waals surface area contributed by atoms with Crippen LogP contribution >= 0.6 is 0 Å². The number of nitrogens with one attached hydrogen (secondary N) is 3. The van der Waals surface area contributed by atoms with E-state index in [9.17, 15) is 20.0 Å². The zero-order valence-corrected chi connectivity index (χ0v) is 16.6. The van der Waals surface area contributed by atoms with Crippen molar-refractivity contribution in [2.24, 2.45) is 0 Å². The van der Waals surface area contributed by atoms with E-state index < -0.39 is 24.0 Å². The number of anilines is 1. The minimum Gasteiger partial charge on any atom is -0.391 e. The molecule has 0 unspecified atom stereocenters. The first-order chi connectivity index (χ1) is 14.9. The van der Waals surface area contributed by atoms with Crippen LogP contribution in [-0.2, 0) is 4.79 Å². The first-order valence-corrected chi connectivity index (χ1v) is 9.41. The molecule has 4 N–H and O–H groups in total. The fourth-order valence-electron chi connectivity index (χ4n) is 3.06. The molecule has 3 aromatic rings. The number of benzene rings is 3. The van der Waals surface area contributed by atoms with E-state index in [2.05, 4.69) is 22.2 Å². The molecule has 0 saturated heterocycles. The molecular formula is C23H19N5O3. The Morgan fingerprint density at radius 2 is 1.58 bits per heavy atom. The van der Waals surface area contributed by atoms with Crippen LogP contribution in [-0.4, -0.2) is 29.1 Å². The summed E-state index contributed by atoms with van der Waals surface area (Å²) < 4.78 is 0. The Hall–Kier alpha value is -4.40. The maximum Gasteiger partial charge on any atom is 0.269 e. The third-order valence-corrected chi connectivity index (χ3v) is 4.70. The summed E-state index contributed by atoms with van der Waals surface area (Å²) in [4.78, 5) is 24.9. The van der Waals surface area contributed by atoms with Gasteiger partial charge in [0.05, 0.1) is 29.4 Å². The number of hydrogen-bond acceptors (Lipinski definition) is 6. The number of rotatable bonds is 5. The second kappa shape index (κ2) is 9.40. The summed E-state index contributed by atoms with van der Waals surface area (Å²) in [6.07, 6.45) is -1.08. The normalized spacial score (nSPS) is 12.1. The molecule has 3 aromatic carbocycles. The maximum absolute atomic E-state index is 12.6. The maximum atomic E-state index is 12.6. The van der Waals surface area contributed by atoms with Crippen LogP contribution < -0.4 is 16.2 Å². The van der Waals surface area contributed by atoms with E-state index in [0.717, 1.165) is 5.39 Å². The highest BCUT2D eigenvalue weighted by Gasteiger charge is 2.25. The van der Waals surface area contributed by atoms with Gasteiger partial charge in [-0.1, -0.05) is 24.3 Å². The Morgan fingerprint density at radius 3 is 2.19 bits per heavy atom. The number of aliphatic hydroxyl groups excluding tert-OH is 1. The summed E-state index contributed by atoms with van der Waals surface area (Å²) in [5.74, 6) is -1.21. The van der Waals surface area contributed by atoms with Crippen molar-refractivity contribution < 1.29 is 14.7 Å². The second-order valence-corrected chi connectivity index (χ2v) is 6.81. The Labute approximate surface area is 178 Å². The number of hydrogen-bond donors (Lipinski definition) is 4. The minimum atomic E-state index is -1.08. The average Bonchev–Trinajstić information content (AvgIpc) is 2.80. The number of aliphatic hydroxyl groups is 1. The lowest BCUT2D eigenvalue weighted by molar-refractivity contribution is -0.124. The SMILES string of the molecule is C[C@@H](O)[C@@H](Nc1ccc(C#N)c2ccccc12)C(=O)NNC(=O)c1ccc(C#N)cc1. The van der Waals surface area contributed by atoms with E-state index in [1.807, 2.05) is 24.3 Å². The Morgan fingerprint density at radius 1 is 0.903 bits per heavy atom. The van der Waals surface area contributed by atoms with Crippen LogP contribution in [0.1, 0.15) is 28.4 Å². The molecule has 3 rings (SSSR count). The van der Waals surface area contributed by atoms with E-state index in [-0.39, 0.29) is 5.56 Å². The standard InChI is InChI=1S/C23H19N5O3/c1-14(29)21(23(31)28-27-22(30)16-8-6-15(12-24)7-9-16)26-20-11-10-17(13-25)18-4-2-3-5-19(18)20/h2-11,14,21,26,29H,1H3,(H,27,30)(H,28,31)/t14-,21-/m1/s1. The van der Waals surface area contributed by atoms with Crippen molar-refractivity contribution in [3.63, 3.8) is 0 Å². The quantitative estimate of drug-likeness (QED) is 0.473. The molecule has 0 spiro atoms. The van der Waals surface area contributed by atoms with Crippen LogP contribution in [0.3, 0.4) is 0 Å². The van der Waals surface area contributed by atoms with Crippen molar-refractivity contribution in [3.8, 4) is 12.1 Å².